The van der Waals surface area contributed by atoms with E-state index in [-0.39, 0.29) is 25.7 Å². The average Bonchev–Trinajstić information content (AvgIpc) is 1.32. The van der Waals surface area contributed by atoms with Gasteiger partial charge in [0.05, 0.1) is 26.4 Å². The quantitative estimate of drug-likeness (QED) is 0.0222. The van der Waals surface area contributed by atoms with Gasteiger partial charge in [0.15, 0.2) is 12.2 Å². The Kier molecular flexibility index (Phi) is 73.5. The Labute approximate surface area is 619 Å². The molecule has 0 rings (SSSR count). The average molecular weight is 1480 g/mol. The van der Waals surface area contributed by atoms with Crippen LogP contribution < -0.4 is 0 Å². The van der Waals surface area contributed by atoms with Crippen LogP contribution in [0.4, 0.5) is 0 Å². The number of phosphoric ester groups is 2. The maximum absolute atomic E-state index is 13.1. The molecule has 0 aromatic carbocycles. The third kappa shape index (κ3) is 76.1. The minimum absolute atomic E-state index is 0.105. The van der Waals surface area contributed by atoms with Gasteiger partial charge in [-0.3, -0.25) is 37.3 Å². The minimum atomic E-state index is -4.96. The lowest BCUT2D eigenvalue weighted by Gasteiger charge is -2.21. The molecule has 0 radical (unpaired) electrons. The number of unbranched alkanes of at least 4 members (excludes halogenated alkanes) is 54. The number of carbonyl (C=O) groups excluding carboxylic acids is 4. The van der Waals surface area contributed by atoms with Crippen molar-refractivity contribution < 1.29 is 80.2 Å². The molecule has 17 nitrogen and oxygen atoms in total. The van der Waals surface area contributed by atoms with Crippen LogP contribution in [0.3, 0.4) is 0 Å². The van der Waals surface area contributed by atoms with Gasteiger partial charge in [-0.2, -0.15) is 0 Å². The van der Waals surface area contributed by atoms with Crippen LogP contribution >= 0.6 is 15.6 Å². The van der Waals surface area contributed by atoms with Crippen molar-refractivity contribution in [1.29, 1.82) is 0 Å². The number of phosphoric acid groups is 2. The SMILES string of the molecule is CCCCCCCCCCCCCCCCCCCCCCCC(=O)O[C@H](COC(=O)CCCCCCCCCCCCCCCCCCCC)COP(=O)(O)OC[C@@H](O)COP(=O)(O)OC[C@@H](COC(=O)CCCCCCCCCCCCC)OC(=O)CCCCCCCCCCC(C)C. The fraction of sp³-hybridized carbons (Fsp3) is 0.951. The van der Waals surface area contributed by atoms with E-state index >= 15 is 0 Å². The maximum Gasteiger partial charge on any atom is 0.472 e. The first-order valence-electron chi connectivity index (χ1n) is 42.6. The minimum Gasteiger partial charge on any atom is -0.462 e. The van der Waals surface area contributed by atoms with Crippen LogP contribution in [0.5, 0.6) is 0 Å². The van der Waals surface area contributed by atoms with Gasteiger partial charge in [-0.25, -0.2) is 9.13 Å². The summed E-state index contributed by atoms with van der Waals surface area (Å²) in [7, 11) is -9.92. The van der Waals surface area contributed by atoms with E-state index in [9.17, 15) is 43.2 Å². The maximum atomic E-state index is 13.1. The molecular weight excluding hydrogens is 1320 g/mol. The Hall–Kier alpha value is -1.94. The zero-order chi connectivity index (χ0) is 74.1. The lowest BCUT2D eigenvalue weighted by atomic mass is 10.0. The summed E-state index contributed by atoms with van der Waals surface area (Å²) < 4.78 is 68.7. The summed E-state index contributed by atoms with van der Waals surface area (Å²) >= 11 is 0. The van der Waals surface area contributed by atoms with Crippen molar-refractivity contribution in [3.05, 3.63) is 0 Å². The second-order valence-corrected chi connectivity index (χ2v) is 32.9. The fourth-order valence-corrected chi connectivity index (χ4v) is 14.3. The second-order valence-electron chi connectivity index (χ2n) is 30.0. The van der Waals surface area contributed by atoms with Crippen LogP contribution in [0.1, 0.15) is 439 Å². The van der Waals surface area contributed by atoms with Crippen molar-refractivity contribution in [3.63, 3.8) is 0 Å². The first-order chi connectivity index (χ1) is 49.0. The Bertz CT molecular complexity index is 1930. The molecule has 0 amide bonds. The molecule has 3 N–H and O–H groups in total. The highest BCUT2D eigenvalue weighted by Gasteiger charge is 2.30. The summed E-state index contributed by atoms with van der Waals surface area (Å²) in [4.78, 5) is 73.0. The van der Waals surface area contributed by atoms with Gasteiger partial charge in [0, 0.05) is 25.7 Å². The monoisotopic (exact) mass is 1480 g/mol. The normalized spacial score (nSPS) is 13.8. The molecule has 0 heterocycles. The Balaban J connectivity index is 5.21. The molecule has 0 aromatic rings. The number of aliphatic hydroxyl groups is 1. The van der Waals surface area contributed by atoms with Gasteiger partial charge in [-0.05, 0) is 31.6 Å². The number of esters is 4. The predicted octanol–water partition coefficient (Wildman–Crippen LogP) is 24.8. The lowest BCUT2D eigenvalue weighted by molar-refractivity contribution is -0.161. The standard InChI is InChI=1S/C82H160O17P2/c1-6-9-12-15-18-21-24-26-28-30-32-33-34-36-38-40-43-46-52-57-62-67-81(86)98-77(71-93-80(85)66-61-56-51-45-42-39-37-35-31-29-27-25-22-19-16-13-10-7-2)73-96-100(88,89)94-69-76(83)70-95-101(90,91)97-74-78(99-82(87)68-63-58-53-48-47-49-54-59-64-75(4)5)72-92-79(84)65-60-55-50-44-41-23-20-17-14-11-8-3/h75-78,83H,6-74H2,1-5H3,(H,88,89)(H,90,91)/t76-,77-,78-/m1/s1. The molecule has 0 aliphatic carbocycles. The van der Waals surface area contributed by atoms with Gasteiger partial charge in [0.1, 0.15) is 19.3 Å². The van der Waals surface area contributed by atoms with E-state index in [0.29, 0.717) is 25.7 Å². The molecule has 0 saturated heterocycles. The smallest absolute Gasteiger partial charge is 0.462 e. The van der Waals surface area contributed by atoms with Gasteiger partial charge < -0.3 is 33.8 Å². The van der Waals surface area contributed by atoms with E-state index in [1.165, 1.54) is 263 Å². The highest BCUT2D eigenvalue weighted by atomic mass is 31.2. The third-order valence-corrected chi connectivity index (χ3v) is 21.2. The molecule has 0 spiro atoms. The Morgan fingerprint density at radius 1 is 0.267 bits per heavy atom. The van der Waals surface area contributed by atoms with Crippen molar-refractivity contribution >= 4 is 39.5 Å². The summed E-state index contributed by atoms with van der Waals surface area (Å²) in [5, 5.41) is 10.6. The van der Waals surface area contributed by atoms with Crippen molar-refractivity contribution in [2.75, 3.05) is 39.6 Å². The third-order valence-electron chi connectivity index (χ3n) is 19.3. The summed E-state index contributed by atoms with van der Waals surface area (Å²) in [6.07, 6.45) is 66.8. The predicted molar refractivity (Wildman–Crippen MR) is 414 cm³/mol. The van der Waals surface area contributed by atoms with Crippen molar-refractivity contribution in [2.24, 2.45) is 5.92 Å². The molecule has 0 aromatic heterocycles. The molecule has 0 bridgehead atoms. The number of ether oxygens (including phenoxy) is 4. The van der Waals surface area contributed by atoms with Crippen molar-refractivity contribution in [3.8, 4) is 0 Å². The molecule has 0 fully saturated rings. The number of hydrogen-bond acceptors (Lipinski definition) is 15. The molecular formula is C82H160O17P2. The van der Waals surface area contributed by atoms with E-state index in [1.54, 1.807) is 0 Å². The van der Waals surface area contributed by atoms with E-state index in [0.717, 1.165) is 95.8 Å². The molecule has 2 unspecified atom stereocenters. The molecule has 600 valence electrons. The molecule has 0 saturated carbocycles. The zero-order valence-electron chi connectivity index (χ0n) is 66.1. The summed E-state index contributed by atoms with van der Waals surface area (Å²) in [6, 6.07) is 0. The van der Waals surface area contributed by atoms with Crippen LogP contribution in [0.15, 0.2) is 0 Å². The first-order valence-corrected chi connectivity index (χ1v) is 45.6. The van der Waals surface area contributed by atoms with Gasteiger partial charge in [0.25, 0.3) is 0 Å². The van der Waals surface area contributed by atoms with Crippen molar-refractivity contribution in [2.45, 2.75) is 457 Å². The van der Waals surface area contributed by atoms with Crippen LogP contribution in [0.25, 0.3) is 0 Å². The highest BCUT2D eigenvalue weighted by molar-refractivity contribution is 7.47. The van der Waals surface area contributed by atoms with Crippen molar-refractivity contribution in [1.82, 2.24) is 0 Å². The second kappa shape index (κ2) is 74.9. The van der Waals surface area contributed by atoms with Crippen LogP contribution in [0.2, 0.25) is 0 Å². The molecule has 0 aliphatic rings. The number of hydrogen-bond donors (Lipinski definition) is 3. The summed E-state index contributed by atoms with van der Waals surface area (Å²) in [5.74, 6) is -1.39. The Morgan fingerprint density at radius 2 is 0.455 bits per heavy atom. The van der Waals surface area contributed by atoms with E-state index in [4.69, 9.17) is 37.0 Å². The zero-order valence-corrected chi connectivity index (χ0v) is 67.8. The van der Waals surface area contributed by atoms with Crippen LogP contribution in [0, 0.1) is 5.92 Å². The topological polar surface area (TPSA) is 237 Å². The van der Waals surface area contributed by atoms with Crippen LogP contribution in [-0.2, 0) is 65.4 Å². The number of aliphatic hydroxyl groups excluding tert-OH is 1. The number of rotatable bonds is 82. The summed E-state index contributed by atoms with van der Waals surface area (Å²) in [6.45, 7) is 7.29. The number of carbonyl (C=O) groups is 4. The molecule has 0 aliphatic heterocycles. The highest BCUT2D eigenvalue weighted by Crippen LogP contribution is 2.45. The lowest BCUT2D eigenvalue weighted by Crippen LogP contribution is -2.30. The van der Waals surface area contributed by atoms with Gasteiger partial charge in [-0.15, -0.1) is 0 Å². The van der Waals surface area contributed by atoms with E-state index in [2.05, 4.69) is 34.6 Å². The van der Waals surface area contributed by atoms with E-state index in [1.807, 2.05) is 0 Å². The first kappa shape index (κ1) is 99.1. The molecule has 101 heavy (non-hydrogen) atoms. The van der Waals surface area contributed by atoms with Gasteiger partial charge in [-0.1, -0.05) is 388 Å². The largest absolute Gasteiger partial charge is 0.472 e. The summed E-state index contributed by atoms with van der Waals surface area (Å²) in [5.41, 5.74) is 0. The van der Waals surface area contributed by atoms with Gasteiger partial charge in [0.2, 0.25) is 0 Å². The van der Waals surface area contributed by atoms with Gasteiger partial charge >= 0.3 is 39.5 Å². The molecule has 19 heteroatoms. The van der Waals surface area contributed by atoms with Crippen LogP contribution in [-0.4, -0.2) is 96.7 Å². The Morgan fingerprint density at radius 3 is 0.673 bits per heavy atom. The van der Waals surface area contributed by atoms with E-state index < -0.39 is 97.5 Å². The molecule has 5 atom stereocenters. The fourth-order valence-electron chi connectivity index (χ4n) is 12.8.